The second kappa shape index (κ2) is 8.99. The van der Waals surface area contributed by atoms with Crippen LogP contribution in [0.2, 0.25) is 0 Å². The number of aromatic carboxylic acids is 1. The molecule has 0 aromatic heterocycles. The Hall–Kier alpha value is -4.79. The molecular formula is C25H17N2O7-. The molecule has 0 saturated heterocycles. The van der Waals surface area contributed by atoms with Gasteiger partial charge in [-0.25, -0.2) is 9.69 Å². The molecule has 3 amide bonds. The molecule has 0 bridgehead atoms. The minimum atomic E-state index is -1.45. The third-order valence-corrected chi connectivity index (χ3v) is 5.18. The number of rotatable bonds is 6. The van der Waals surface area contributed by atoms with Crippen molar-refractivity contribution in [3.63, 3.8) is 0 Å². The van der Waals surface area contributed by atoms with Crippen molar-refractivity contribution in [2.45, 2.75) is 6.92 Å². The molecule has 9 nitrogen and oxygen atoms in total. The molecule has 3 aromatic carbocycles. The van der Waals surface area contributed by atoms with Crippen molar-refractivity contribution in [1.29, 1.82) is 0 Å². The third kappa shape index (κ3) is 4.02. The number of nitrogens with zero attached hydrogens (tertiary/aromatic N) is 1. The number of carbonyl (C=O) groups excluding carboxylic acids is 5. The zero-order valence-electron chi connectivity index (χ0n) is 17.9. The zero-order valence-corrected chi connectivity index (χ0v) is 17.9. The van der Waals surface area contributed by atoms with Gasteiger partial charge in [-0.3, -0.25) is 14.4 Å². The quantitative estimate of drug-likeness (QED) is 0.443. The van der Waals surface area contributed by atoms with E-state index >= 15 is 0 Å². The summed E-state index contributed by atoms with van der Waals surface area (Å²) in [5.41, 5.74) is 0.588. The maximum Gasteiger partial charge on any atom is 0.338 e. The van der Waals surface area contributed by atoms with Crippen molar-refractivity contribution >= 4 is 41.0 Å². The highest BCUT2D eigenvalue weighted by Crippen LogP contribution is 2.29. The standard InChI is InChI=1S/C25H18N2O7/c1-2-34-25(33)14-7-10-16(11-8-14)27-22(29)17-12-9-15(13-19(17)23(27)30)21(28)26-20-6-4-3-5-18(20)24(31)32/h3-13H,2H2,1H3,(H,26,28)(H,31,32)/p-1. The van der Waals surface area contributed by atoms with Gasteiger partial charge in [-0.05, 0) is 55.5 Å². The Balaban J connectivity index is 1.59. The normalized spacial score (nSPS) is 12.3. The Labute approximate surface area is 193 Å². The molecule has 0 atom stereocenters. The van der Waals surface area contributed by atoms with Gasteiger partial charge in [0.05, 0.1) is 40.6 Å². The molecule has 1 aliphatic rings. The molecule has 1 N–H and O–H groups in total. The van der Waals surface area contributed by atoms with Crippen LogP contribution < -0.4 is 15.3 Å². The van der Waals surface area contributed by atoms with E-state index in [0.717, 1.165) is 4.90 Å². The molecule has 170 valence electrons. The molecule has 9 heteroatoms. The fourth-order valence-electron chi connectivity index (χ4n) is 3.54. The number of para-hydroxylation sites is 1. The van der Waals surface area contributed by atoms with Gasteiger partial charge >= 0.3 is 5.97 Å². The molecule has 3 aromatic rings. The maximum atomic E-state index is 13.0. The molecule has 1 aliphatic heterocycles. The minimum absolute atomic E-state index is 0.0281. The average molecular weight is 457 g/mol. The van der Waals surface area contributed by atoms with Crippen LogP contribution >= 0.6 is 0 Å². The van der Waals surface area contributed by atoms with Crippen LogP contribution in [0.1, 0.15) is 58.7 Å². The minimum Gasteiger partial charge on any atom is -0.545 e. The number of nitrogens with one attached hydrogen (secondary N) is 1. The van der Waals surface area contributed by atoms with E-state index in [1.54, 1.807) is 13.0 Å². The van der Waals surface area contributed by atoms with E-state index in [1.165, 1.54) is 60.7 Å². The Morgan fingerprint density at radius 1 is 0.882 bits per heavy atom. The number of hydrogen-bond donors (Lipinski definition) is 1. The first kappa shape index (κ1) is 22.4. The van der Waals surface area contributed by atoms with Crippen LogP contribution in [0.25, 0.3) is 0 Å². The number of hydrogen-bond acceptors (Lipinski definition) is 7. The van der Waals surface area contributed by atoms with Crippen LogP contribution in [-0.4, -0.2) is 36.3 Å². The van der Waals surface area contributed by atoms with E-state index in [4.69, 9.17) is 4.74 Å². The van der Waals surface area contributed by atoms with Crippen LogP contribution in [0, 0.1) is 0 Å². The summed E-state index contributed by atoms with van der Waals surface area (Å²) in [6, 6.07) is 15.6. The van der Waals surface area contributed by atoms with Gasteiger partial charge in [0.25, 0.3) is 17.7 Å². The number of imide groups is 1. The van der Waals surface area contributed by atoms with E-state index < -0.39 is 29.7 Å². The molecule has 0 fully saturated rings. The van der Waals surface area contributed by atoms with E-state index in [-0.39, 0.29) is 45.8 Å². The van der Waals surface area contributed by atoms with Gasteiger partial charge in [-0.1, -0.05) is 18.2 Å². The number of amides is 3. The first-order valence-corrected chi connectivity index (χ1v) is 10.2. The lowest BCUT2D eigenvalue weighted by Crippen LogP contribution is -2.29. The largest absolute Gasteiger partial charge is 0.545 e. The second-order valence-corrected chi connectivity index (χ2v) is 7.26. The summed E-state index contributed by atoms with van der Waals surface area (Å²) in [6.07, 6.45) is 0. The second-order valence-electron chi connectivity index (χ2n) is 7.26. The summed E-state index contributed by atoms with van der Waals surface area (Å²) in [4.78, 5) is 62.6. The van der Waals surface area contributed by atoms with Gasteiger partial charge in [-0.2, -0.15) is 0 Å². The van der Waals surface area contributed by atoms with Crippen molar-refractivity contribution in [3.05, 3.63) is 94.5 Å². The van der Waals surface area contributed by atoms with Crippen molar-refractivity contribution in [2.75, 3.05) is 16.8 Å². The lowest BCUT2D eigenvalue weighted by molar-refractivity contribution is -0.254. The van der Waals surface area contributed by atoms with Gasteiger partial charge in [0.15, 0.2) is 0 Å². The molecular weight excluding hydrogens is 440 g/mol. The Morgan fingerprint density at radius 2 is 1.53 bits per heavy atom. The Bertz CT molecular complexity index is 1350. The fraction of sp³-hybridized carbons (Fsp3) is 0.0800. The van der Waals surface area contributed by atoms with Gasteiger partial charge < -0.3 is 20.0 Å². The van der Waals surface area contributed by atoms with E-state index in [0.29, 0.717) is 0 Å². The van der Waals surface area contributed by atoms with Crippen LogP contribution in [0.15, 0.2) is 66.7 Å². The SMILES string of the molecule is CCOC(=O)c1ccc(N2C(=O)c3ccc(C(=O)Nc4ccccc4C(=O)[O-])cc3C2=O)cc1. The predicted octanol–water partition coefficient (Wildman–Crippen LogP) is 2.28. The topological polar surface area (TPSA) is 133 Å². The third-order valence-electron chi connectivity index (χ3n) is 5.18. The lowest BCUT2D eigenvalue weighted by Gasteiger charge is -2.14. The van der Waals surface area contributed by atoms with E-state index in [1.807, 2.05) is 0 Å². The molecule has 34 heavy (non-hydrogen) atoms. The summed E-state index contributed by atoms with van der Waals surface area (Å²) in [7, 11) is 0. The van der Waals surface area contributed by atoms with Gasteiger partial charge in [0, 0.05) is 11.1 Å². The van der Waals surface area contributed by atoms with Crippen molar-refractivity contribution in [2.24, 2.45) is 0 Å². The molecule has 0 unspecified atom stereocenters. The maximum absolute atomic E-state index is 13.0. The number of anilines is 2. The van der Waals surface area contributed by atoms with E-state index in [2.05, 4.69) is 5.32 Å². The summed E-state index contributed by atoms with van der Waals surface area (Å²) in [5.74, 6) is -3.83. The number of fused-ring (bicyclic) bond motifs is 1. The Morgan fingerprint density at radius 3 is 2.21 bits per heavy atom. The highest BCUT2D eigenvalue weighted by molar-refractivity contribution is 6.34. The highest BCUT2D eigenvalue weighted by atomic mass is 16.5. The van der Waals surface area contributed by atoms with Crippen LogP contribution in [0.4, 0.5) is 11.4 Å². The van der Waals surface area contributed by atoms with Crippen LogP contribution in [0.5, 0.6) is 0 Å². The zero-order chi connectivity index (χ0) is 24.4. The molecule has 4 rings (SSSR count). The van der Waals surface area contributed by atoms with Crippen molar-refractivity contribution in [3.8, 4) is 0 Å². The number of esters is 1. The van der Waals surface area contributed by atoms with Gasteiger partial charge in [-0.15, -0.1) is 0 Å². The van der Waals surface area contributed by atoms with E-state index in [9.17, 15) is 29.1 Å². The summed E-state index contributed by atoms with van der Waals surface area (Å²) < 4.78 is 4.92. The molecule has 1 heterocycles. The van der Waals surface area contributed by atoms with Gasteiger partial charge in [0.1, 0.15) is 0 Å². The summed E-state index contributed by atoms with van der Waals surface area (Å²) in [6.45, 7) is 1.90. The number of carboxylic acid groups (broad SMARTS) is 1. The summed E-state index contributed by atoms with van der Waals surface area (Å²) in [5, 5.41) is 13.7. The van der Waals surface area contributed by atoms with Crippen molar-refractivity contribution in [1.82, 2.24) is 0 Å². The molecule has 0 saturated carbocycles. The summed E-state index contributed by atoms with van der Waals surface area (Å²) >= 11 is 0. The first-order chi connectivity index (χ1) is 16.3. The monoisotopic (exact) mass is 457 g/mol. The van der Waals surface area contributed by atoms with Gasteiger partial charge in [0.2, 0.25) is 0 Å². The fourth-order valence-corrected chi connectivity index (χ4v) is 3.54. The average Bonchev–Trinajstić information content (AvgIpc) is 3.09. The number of carbonyl (C=O) groups is 5. The molecule has 0 aliphatic carbocycles. The van der Waals surface area contributed by atoms with Crippen LogP contribution in [0.3, 0.4) is 0 Å². The van der Waals surface area contributed by atoms with Crippen molar-refractivity contribution < 1.29 is 33.8 Å². The highest BCUT2D eigenvalue weighted by Gasteiger charge is 2.37. The molecule has 0 spiro atoms. The lowest BCUT2D eigenvalue weighted by atomic mass is 10.0. The molecule has 0 radical (unpaired) electrons. The van der Waals surface area contributed by atoms with Crippen LogP contribution in [-0.2, 0) is 4.74 Å². The number of benzene rings is 3. The number of carboxylic acids is 1. The predicted molar refractivity (Wildman–Crippen MR) is 119 cm³/mol. The number of ether oxygens (including phenoxy) is 1. The smallest absolute Gasteiger partial charge is 0.338 e. The Kier molecular flexibility index (Phi) is 5.92. The first-order valence-electron chi connectivity index (χ1n) is 10.2.